The van der Waals surface area contributed by atoms with Crippen molar-refractivity contribution < 1.29 is 4.84 Å². The molecule has 4 heteroatoms. The Bertz CT molecular complexity index is 189. The van der Waals surface area contributed by atoms with Gasteiger partial charge in [-0.1, -0.05) is 0 Å². The average molecular weight is 139 g/mol. The Hall–Kier alpha value is -1.00. The van der Waals surface area contributed by atoms with E-state index in [0.717, 1.165) is 5.69 Å². The maximum Gasteiger partial charge on any atom is 0.118 e. The van der Waals surface area contributed by atoms with Crippen molar-refractivity contribution >= 4 is 0 Å². The number of nitrogens with two attached hydrogens (primary N) is 1. The summed E-state index contributed by atoms with van der Waals surface area (Å²) in [5, 5.41) is 0. The minimum Gasteiger partial charge on any atom is -0.295 e. The first kappa shape index (κ1) is 7.11. The summed E-state index contributed by atoms with van der Waals surface area (Å²) in [5.41, 5.74) is 0.789. The summed E-state index contributed by atoms with van der Waals surface area (Å²) in [6.45, 7) is 1.82. The van der Waals surface area contributed by atoms with Crippen molar-refractivity contribution in [2.75, 3.05) is 0 Å². The van der Waals surface area contributed by atoms with Gasteiger partial charge in [0.25, 0.3) is 0 Å². The molecule has 0 aliphatic heterocycles. The monoisotopic (exact) mass is 139 g/mol. The van der Waals surface area contributed by atoms with E-state index in [4.69, 9.17) is 5.90 Å². The minimum atomic E-state index is -0.164. The lowest BCUT2D eigenvalue weighted by Gasteiger charge is -2.05. The molecule has 0 aromatic carbocycles. The van der Waals surface area contributed by atoms with E-state index in [1.165, 1.54) is 6.33 Å². The van der Waals surface area contributed by atoms with Gasteiger partial charge in [-0.25, -0.2) is 15.9 Å². The van der Waals surface area contributed by atoms with Gasteiger partial charge in [-0.05, 0) is 13.0 Å². The molecule has 0 saturated carbocycles. The van der Waals surface area contributed by atoms with Gasteiger partial charge in [-0.15, -0.1) is 0 Å². The number of hydrogen-bond acceptors (Lipinski definition) is 4. The lowest BCUT2D eigenvalue weighted by molar-refractivity contribution is 0.0633. The Labute approximate surface area is 59.0 Å². The normalized spacial score (nSPS) is 13.0. The minimum absolute atomic E-state index is 0.164. The number of hydrogen-bond donors (Lipinski definition) is 1. The summed E-state index contributed by atoms with van der Waals surface area (Å²) in [4.78, 5) is 12.2. The molecular formula is C6H9N3O. The molecule has 1 rings (SSSR count). The Morgan fingerprint density at radius 1 is 1.70 bits per heavy atom. The molecular weight excluding hydrogens is 130 g/mol. The van der Waals surface area contributed by atoms with Crippen molar-refractivity contribution in [3.63, 3.8) is 0 Å². The van der Waals surface area contributed by atoms with Crippen LogP contribution in [0.25, 0.3) is 0 Å². The quantitative estimate of drug-likeness (QED) is 0.603. The first-order valence-corrected chi connectivity index (χ1v) is 2.96. The van der Waals surface area contributed by atoms with E-state index < -0.39 is 0 Å². The molecule has 1 atom stereocenters. The second kappa shape index (κ2) is 3.24. The molecule has 1 unspecified atom stereocenters. The predicted octanol–water partition coefficient (Wildman–Crippen LogP) is 0.428. The van der Waals surface area contributed by atoms with Crippen molar-refractivity contribution in [3.8, 4) is 0 Å². The van der Waals surface area contributed by atoms with E-state index in [1.54, 1.807) is 12.3 Å². The van der Waals surface area contributed by atoms with Gasteiger partial charge in [0, 0.05) is 6.20 Å². The summed E-state index contributed by atoms with van der Waals surface area (Å²) in [6, 6.07) is 1.76. The van der Waals surface area contributed by atoms with Crippen LogP contribution in [0.2, 0.25) is 0 Å². The second-order valence-electron chi connectivity index (χ2n) is 1.91. The van der Waals surface area contributed by atoms with Crippen LogP contribution in [0.3, 0.4) is 0 Å². The van der Waals surface area contributed by atoms with Crippen LogP contribution in [0.4, 0.5) is 0 Å². The van der Waals surface area contributed by atoms with E-state index in [2.05, 4.69) is 14.8 Å². The molecule has 0 fully saturated rings. The molecule has 0 amide bonds. The molecule has 0 radical (unpaired) electrons. The topological polar surface area (TPSA) is 61.0 Å². The fraction of sp³-hybridized carbons (Fsp3) is 0.333. The Morgan fingerprint density at radius 2 is 2.50 bits per heavy atom. The molecule has 0 aliphatic carbocycles. The molecule has 0 saturated heterocycles. The lowest BCUT2D eigenvalue weighted by atomic mass is 10.3. The fourth-order valence-electron chi connectivity index (χ4n) is 0.611. The third-order valence-electron chi connectivity index (χ3n) is 1.23. The van der Waals surface area contributed by atoms with Crippen molar-refractivity contribution in [3.05, 3.63) is 24.3 Å². The zero-order chi connectivity index (χ0) is 7.40. The molecule has 0 spiro atoms. The van der Waals surface area contributed by atoms with Crippen LogP contribution < -0.4 is 5.90 Å². The zero-order valence-corrected chi connectivity index (χ0v) is 5.69. The highest BCUT2D eigenvalue weighted by atomic mass is 16.6. The van der Waals surface area contributed by atoms with Crippen molar-refractivity contribution in [1.82, 2.24) is 9.97 Å². The van der Waals surface area contributed by atoms with Gasteiger partial charge >= 0.3 is 0 Å². The van der Waals surface area contributed by atoms with E-state index in [1.807, 2.05) is 6.92 Å². The van der Waals surface area contributed by atoms with Gasteiger partial charge in [0.15, 0.2) is 0 Å². The van der Waals surface area contributed by atoms with Gasteiger partial charge < -0.3 is 0 Å². The largest absolute Gasteiger partial charge is 0.295 e. The molecule has 10 heavy (non-hydrogen) atoms. The first-order valence-electron chi connectivity index (χ1n) is 2.96. The molecule has 0 bridgehead atoms. The fourth-order valence-corrected chi connectivity index (χ4v) is 0.611. The molecule has 1 aromatic heterocycles. The van der Waals surface area contributed by atoms with E-state index in [0.29, 0.717) is 0 Å². The van der Waals surface area contributed by atoms with Crippen molar-refractivity contribution in [2.45, 2.75) is 13.0 Å². The first-order chi connectivity index (χ1) is 4.84. The SMILES string of the molecule is CC(ON)c1ccncn1. The van der Waals surface area contributed by atoms with Gasteiger partial charge in [0.2, 0.25) is 0 Å². The van der Waals surface area contributed by atoms with E-state index in [-0.39, 0.29) is 6.10 Å². The van der Waals surface area contributed by atoms with Crippen LogP contribution in [0.5, 0.6) is 0 Å². The van der Waals surface area contributed by atoms with Gasteiger partial charge in [-0.3, -0.25) is 4.84 Å². The predicted molar refractivity (Wildman–Crippen MR) is 35.7 cm³/mol. The number of nitrogens with zero attached hydrogens (tertiary/aromatic N) is 2. The highest BCUT2D eigenvalue weighted by molar-refractivity contribution is 5.00. The van der Waals surface area contributed by atoms with Crippen molar-refractivity contribution in [2.24, 2.45) is 5.90 Å². The summed E-state index contributed by atoms with van der Waals surface area (Å²) in [5.74, 6) is 4.94. The molecule has 0 aliphatic rings. The Morgan fingerprint density at radius 3 is 3.00 bits per heavy atom. The maximum absolute atomic E-state index is 4.94. The Balaban J connectivity index is 2.75. The Kier molecular flexibility index (Phi) is 2.30. The van der Waals surface area contributed by atoms with Crippen molar-refractivity contribution in [1.29, 1.82) is 0 Å². The van der Waals surface area contributed by atoms with Crippen LogP contribution in [0, 0.1) is 0 Å². The van der Waals surface area contributed by atoms with E-state index >= 15 is 0 Å². The van der Waals surface area contributed by atoms with Gasteiger partial charge in [0.05, 0.1) is 5.69 Å². The summed E-state index contributed by atoms with van der Waals surface area (Å²) in [6.07, 6.45) is 2.95. The zero-order valence-electron chi connectivity index (χ0n) is 5.69. The highest BCUT2D eigenvalue weighted by Gasteiger charge is 2.02. The van der Waals surface area contributed by atoms with Gasteiger partial charge in [0.1, 0.15) is 12.4 Å². The van der Waals surface area contributed by atoms with Crippen LogP contribution >= 0.6 is 0 Å². The number of rotatable bonds is 2. The maximum atomic E-state index is 4.94. The number of aromatic nitrogens is 2. The van der Waals surface area contributed by atoms with Crippen LogP contribution in [-0.4, -0.2) is 9.97 Å². The third kappa shape index (κ3) is 1.49. The van der Waals surface area contributed by atoms with Crippen LogP contribution in [0.15, 0.2) is 18.6 Å². The average Bonchev–Trinajstić information content (AvgIpc) is 2.05. The second-order valence-corrected chi connectivity index (χ2v) is 1.91. The highest BCUT2D eigenvalue weighted by Crippen LogP contribution is 2.08. The molecule has 2 N–H and O–H groups in total. The summed E-state index contributed by atoms with van der Waals surface area (Å²) in [7, 11) is 0. The summed E-state index contributed by atoms with van der Waals surface area (Å²) < 4.78 is 0. The summed E-state index contributed by atoms with van der Waals surface area (Å²) >= 11 is 0. The molecule has 1 heterocycles. The third-order valence-corrected chi connectivity index (χ3v) is 1.23. The lowest BCUT2D eigenvalue weighted by Crippen LogP contribution is -2.06. The molecule has 1 aromatic rings. The molecule has 4 nitrogen and oxygen atoms in total. The standard InChI is InChI=1S/C6H9N3O/c1-5(10-7)6-2-3-8-4-9-6/h2-5H,7H2,1H3. The smallest absolute Gasteiger partial charge is 0.118 e. The van der Waals surface area contributed by atoms with Crippen LogP contribution in [-0.2, 0) is 4.84 Å². The molecule has 54 valence electrons. The van der Waals surface area contributed by atoms with Crippen LogP contribution in [0.1, 0.15) is 18.7 Å². The van der Waals surface area contributed by atoms with Gasteiger partial charge in [-0.2, -0.15) is 0 Å². The van der Waals surface area contributed by atoms with E-state index in [9.17, 15) is 0 Å².